The normalized spacial score (nSPS) is 16.3. The number of nitrogens with one attached hydrogen (secondary N) is 1. The van der Waals surface area contributed by atoms with Crippen molar-refractivity contribution >= 4 is 39.3 Å². The molecule has 0 saturated carbocycles. The van der Waals surface area contributed by atoms with Gasteiger partial charge in [0.25, 0.3) is 0 Å². The molecular formula is C25H29FN4O4S. The highest BCUT2D eigenvalue weighted by molar-refractivity contribution is 7.22. The number of aromatic nitrogens is 2. The number of nitrogens with zero attached hydrogens (tertiary/aromatic N) is 3. The SMILES string of the molecule is CCOC(=O)c1nnc(NC2CCCN(C(=O)OC(C)(C)C)C2)c2cc(-c3cccc(F)c3)sc12. The molecule has 3 aromatic rings. The van der Waals surface area contributed by atoms with E-state index in [2.05, 4.69) is 15.5 Å². The summed E-state index contributed by atoms with van der Waals surface area (Å²) in [7, 11) is 0. The van der Waals surface area contributed by atoms with Crippen molar-refractivity contribution in [1.29, 1.82) is 0 Å². The number of likely N-dealkylation sites (tertiary alicyclic amines) is 1. The van der Waals surface area contributed by atoms with Crippen LogP contribution in [0, 0.1) is 5.82 Å². The lowest BCUT2D eigenvalue weighted by atomic mass is 10.1. The van der Waals surface area contributed by atoms with E-state index in [1.165, 1.54) is 23.5 Å². The Labute approximate surface area is 207 Å². The van der Waals surface area contributed by atoms with Gasteiger partial charge in [-0.05, 0) is 64.3 Å². The molecule has 10 heteroatoms. The molecule has 35 heavy (non-hydrogen) atoms. The number of ether oxygens (including phenoxy) is 2. The van der Waals surface area contributed by atoms with E-state index in [0.717, 1.165) is 17.7 Å². The number of piperidine rings is 1. The molecule has 0 aliphatic carbocycles. The summed E-state index contributed by atoms with van der Waals surface area (Å²) < 4.78 is 25.2. The molecule has 8 nitrogen and oxygen atoms in total. The highest BCUT2D eigenvalue weighted by Gasteiger charge is 2.29. The molecule has 4 rings (SSSR count). The minimum Gasteiger partial charge on any atom is -0.461 e. The van der Waals surface area contributed by atoms with E-state index in [9.17, 15) is 14.0 Å². The van der Waals surface area contributed by atoms with Gasteiger partial charge in [0.1, 0.15) is 11.4 Å². The Morgan fingerprint density at radius 2 is 2.06 bits per heavy atom. The summed E-state index contributed by atoms with van der Waals surface area (Å²) in [6.07, 6.45) is 1.30. The number of anilines is 1. The molecule has 0 radical (unpaired) electrons. The molecule has 2 aromatic heterocycles. The summed E-state index contributed by atoms with van der Waals surface area (Å²) in [6, 6.07) is 8.09. The molecule has 1 aromatic carbocycles. The third-order valence-corrected chi connectivity index (χ3v) is 6.63. The smallest absolute Gasteiger partial charge is 0.410 e. The number of halogens is 1. The summed E-state index contributed by atoms with van der Waals surface area (Å²) in [4.78, 5) is 27.6. The van der Waals surface area contributed by atoms with Crippen molar-refractivity contribution < 1.29 is 23.5 Å². The molecule has 186 valence electrons. The van der Waals surface area contributed by atoms with Gasteiger partial charge < -0.3 is 19.7 Å². The average molecular weight is 501 g/mol. The number of carbonyl (C=O) groups excluding carboxylic acids is 2. The Bertz CT molecular complexity index is 1240. The van der Waals surface area contributed by atoms with Gasteiger partial charge in [-0.1, -0.05) is 12.1 Å². The maximum absolute atomic E-state index is 13.9. The number of esters is 1. The van der Waals surface area contributed by atoms with E-state index >= 15 is 0 Å². The number of fused-ring (bicyclic) bond motifs is 1. The van der Waals surface area contributed by atoms with Crippen LogP contribution >= 0.6 is 11.3 Å². The molecule has 1 fully saturated rings. The number of hydrogen-bond acceptors (Lipinski definition) is 8. The minimum absolute atomic E-state index is 0.0697. The maximum atomic E-state index is 13.9. The van der Waals surface area contributed by atoms with Crippen molar-refractivity contribution in [2.75, 3.05) is 25.0 Å². The fourth-order valence-corrected chi connectivity index (χ4v) is 5.07. The highest BCUT2D eigenvalue weighted by Crippen LogP contribution is 2.38. The Kier molecular flexibility index (Phi) is 7.20. The standard InChI is InChI=1S/C25H29FN4O4S/c1-5-33-23(31)20-21-18(13-19(35-21)15-8-6-9-16(26)12-15)22(29-28-20)27-17-10-7-11-30(14-17)24(32)34-25(2,3)4/h6,8-9,12-13,17H,5,7,10-11,14H2,1-4H3,(H,27,29). The van der Waals surface area contributed by atoms with Gasteiger partial charge in [-0.3, -0.25) is 0 Å². The first-order chi connectivity index (χ1) is 16.6. The van der Waals surface area contributed by atoms with Crippen LogP contribution in [0.5, 0.6) is 0 Å². The molecule has 1 unspecified atom stereocenters. The van der Waals surface area contributed by atoms with Gasteiger partial charge in [0.15, 0.2) is 11.5 Å². The first-order valence-electron chi connectivity index (χ1n) is 11.6. The molecule has 1 saturated heterocycles. The van der Waals surface area contributed by atoms with Crippen LogP contribution in [0.1, 0.15) is 51.0 Å². The Morgan fingerprint density at radius 1 is 1.26 bits per heavy atom. The van der Waals surface area contributed by atoms with Gasteiger partial charge in [-0.15, -0.1) is 21.5 Å². The van der Waals surface area contributed by atoms with Crippen LogP contribution in [0.15, 0.2) is 30.3 Å². The molecular weight excluding hydrogens is 471 g/mol. The van der Waals surface area contributed by atoms with E-state index in [-0.39, 0.29) is 30.3 Å². The largest absolute Gasteiger partial charge is 0.461 e. The summed E-state index contributed by atoms with van der Waals surface area (Å²) in [5.41, 5.74) is 0.252. The number of thiophene rings is 1. The fraction of sp³-hybridized carbons (Fsp3) is 0.440. The van der Waals surface area contributed by atoms with Crippen LogP contribution in [0.2, 0.25) is 0 Å². The predicted molar refractivity (Wildman–Crippen MR) is 133 cm³/mol. The van der Waals surface area contributed by atoms with Crippen molar-refractivity contribution in [2.24, 2.45) is 0 Å². The Balaban J connectivity index is 1.65. The third-order valence-electron chi connectivity index (χ3n) is 5.44. The topological polar surface area (TPSA) is 93.6 Å². The van der Waals surface area contributed by atoms with Crippen molar-refractivity contribution in [3.8, 4) is 10.4 Å². The molecule has 3 heterocycles. The zero-order chi connectivity index (χ0) is 25.2. The van der Waals surface area contributed by atoms with Gasteiger partial charge >= 0.3 is 12.1 Å². The summed E-state index contributed by atoms with van der Waals surface area (Å²) in [6.45, 7) is 8.55. The lowest BCUT2D eigenvalue weighted by molar-refractivity contribution is 0.0206. The lowest BCUT2D eigenvalue weighted by Gasteiger charge is -2.34. The predicted octanol–water partition coefficient (Wildman–Crippen LogP) is 5.49. The van der Waals surface area contributed by atoms with E-state index < -0.39 is 11.6 Å². The Morgan fingerprint density at radius 3 is 2.77 bits per heavy atom. The Hall–Kier alpha value is -3.27. The lowest BCUT2D eigenvalue weighted by Crippen LogP contribution is -2.47. The van der Waals surface area contributed by atoms with Crippen LogP contribution in [-0.2, 0) is 9.47 Å². The zero-order valence-electron chi connectivity index (χ0n) is 20.3. The molecule has 1 aliphatic rings. The van der Waals surface area contributed by atoms with Crippen LogP contribution in [0.4, 0.5) is 15.0 Å². The van der Waals surface area contributed by atoms with E-state index in [1.807, 2.05) is 32.9 Å². The number of rotatable bonds is 5. The number of carbonyl (C=O) groups is 2. The second kappa shape index (κ2) is 10.2. The van der Waals surface area contributed by atoms with Gasteiger partial charge in [0, 0.05) is 29.4 Å². The van der Waals surface area contributed by atoms with E-state index in [0.29, 0.717) is 34.6 Å². The third kappa shape index (κ3) is 5.87. The van der Waals surface area contributed by atoms with Crippen LogP contribution in [-0.4, -0.2) is 58.5 Å². The maximum Gasteiger partial charge on any atom is 0.410 e. The van der Waals surface area contributed by atoms with Gasteiger partial charge in [0.2, 0.25) is 0 Å². The highest BCUT2D eigenvalue weighted by atomic mass is 32.1. The molecule has 1 amide bonds. The summed E-state index contributed by atoms with van der Waals surface area (Å²) >= 11 is 1.33. The second-order valence-corrected chi connectivity index (χ2v) is 10.4. The van der Waals surface area contributed by atoms with Crippen LogP contribution in [0.3, 0.4) is 0 Å². The monoisotopic (exact) mass is 500 g/mol. The molecule has 0 bridgehead atoms. The van der Waals surface area contributed by atoms with Gasteiger partial charge in [-0.25, -0.2) is 14.0 Å². The number of hydrogen-bond donors (Lipinski definition) is 1. The quantitative estimate of drug-likeness (QED) is 0.463. The fourth-order valence-electron chi connectivity index (χ4n) is 3.95. The van der Waals surface area contributed by atoms with Crippen molar-refractivity contribution in [3.63, 3.8) is 0 Å². The average Bonchev–Trinajstić information content (AvgIpc) is 3.24. The van der Waals surface area contributed by atoms with E-state index in [1.54, 1.807) is 17.9 Å². The molecule has 0 spiro atoms. The minimum atomic E-state index is -0.567. The van der Waals surface area contributed by atoms with Crippen LogP contribution < -0.4 is 5.32 Å². The zero-order valence-corrected chi connectivity index (χ0v) is 21.1. The van der Waals surface area contributed by atoms with E-state index in [4.69, 9.17) is 9.47 Å². The number of amides is 1. The van der Waals surface area contributed by atoms with Gasteiger partial charge in [0.05, 0.1) is 11.3 Å². The van der Waals surface area contributed by atoms with Crippen molar-refractivity contribution in [2.45, 2.75) is 52.2 Å². The second-order valence-electron chi connectivity index (χ2n) is 9.39. The first kappa shape index (κ1) is 24.8. The summed E-state index contributed by atoms with van der Waals surface area (Å²) in [5.74, 6) is -0.398. The van der Waals surface area contributed by atoms with Gasteiger partial charge in [-0.2, -0.15) is 0 Å². The summed E-state index contributed by atoms with van der Waals surface area (Å²) in [5, 5.41) is 12.6. The van der Waals surface area contributed by atoms with Crippen molar-refractivity contribution in [1.82, 2.24) is 15.1 Å². The first-order valence-corrected chi connectivity index (χ1v) is 12.4. The molecule has 1 atom stereocenters. The molecule has 1 aliphatic heterocycles. The molecule has 1 N–H and O–H groups in total. The van der Waals surface area contributed by atoms with Crippen molar-refractivity contribution in [3.05, 3.63) is 41.8 Å². The number of benzene rings is 1. The van der Waals surface area contributed by atoms with Crippen LogP contribution in [0.25, 0.3) is 20.5 Å².